The van der Waals surface area contributed by atoms with Crippen molar-refractivity contribution in [3.05, 3.63) is 0 Å². The molecule has 0 aliphatic rings. The summed E-state index contributed by atoms with van der Waals surface area (Å²) in [6.07, 6.45) is 30.7. The summed E-state index contributed by atoms with van der Waals surface area (Å²) in [5, 5.41) is 0. The molecule has 178 valence electrons. The van der Waals surface area contributed by atoms with E-state index in [1.165, 1.54) is 128 Å². The zero-order valence-electron chi connectivity index (χ0n) is 21.7. The molecule has 30 heavy (non-hydrogen) atoms. The molecule has 0 aromatic carbocycles. The lowest BCUT2D eigenvalue weighted by Gasteiger charge is -2.20. The van der Waals surface area contributed by atoms with Gasteiger partial charge in [0.05, 0.1) is 0 Å². The van der Waals surface area contributed by atoms with Gasteiger partial charge in [0.15, 0.2) is 0 Å². The summed E-state index contributed by atoms with van der Waals surface area (Å²) in [5.41, 5.74) is 0. The van der Waals surface area contributed by atoms with Crippen LogP contribution in [0.4, 0.5) is 0 Å². The first kappa shape index (κ1) is 29.6. The van der Waals surface area contributed by atoms with Crippen LogP contribution in [0.2, 0.25) is 0 Å². The van der Waals surface area contributed by atoms with Gasteiger partial charge in [-0.2, -0.15) is 0 Å². The number of rotatable bonds is 22. The van der Waals surface area contributed by atoms with Gasteiger partial charge in [-0.05, 0) is 24.7 Å². The monoisotopic (exact) mass is 418 g/mol. The minimum Gasteiger partial charge on any atom is -0.103 e. The van der Waals surface area contributed by atoms with Crippen molar-refractivity contribution in [3.8, 4) is 11.8 Å². The Morgan fingerprint density at radius 1 is 0.433 bits per heavy atom. The molecule has 0 amide bonds. The van der Waals surface area contributed by atoms with Gasteiger partial charge in [0.2, 0.25) is 0 Å². The normalized spacial score (nSPS) is 12.2. The highest BCUT2D eigenvalue weighted by Crippen LogP contribution is 2.25. The predicted octanol–water partition coefficient (Wildman–Crippen LogP) is 10.9. The van der Waals surface area contributed by atoms with Gasteiger partial charge in [0, 0.05) is 12.8 Å². The van der Waals surface area contributed by atoms with Gasteiger partial charge in [-0.25, -0.2) is 0 Å². The van der Waals surface area contributed by atoms with E-state index in [1.807, 2.05) is 0 Å². The summed E-state index contributed by atoms with van der Waals surface area (Å²) in [7, 11) is 0. The molecule has 0 aromatic heterocycles. The Morgan fingerprint density at radius 3 is 1.23 bits per heavy atom. The van der Waals surface area contributed by atoms with Crippen molar-refractivity contribution in [3.63, 3.8) is 0 Å². The van der Waals surface area contributed by atoms with Gasteiger partial charge in [-0.1, -0.05) is 143 Å². The van der Waals surface area contributed by atoms with Crippen molar-refractivity contribution in [2.24, 2.45) is 11.8 Å². The van der Waals surface area contributed by atoms with E-state index in [0.717, 1.165) is 24.7 Å². The van der Waals surface area contributed by atoms with Gasteiger partial charge in [0.1, 0.15) is 0 Å². The van der Waals surface area contributed by atoms with E-state index in [-0.39, 0.29) is 0 Å². The zero-order chi connectivity index (χ0) is 22.1. The molecule has 0 N–H and O–H groups in total. The van der Waals surface area contributed by atoms with Crippen LogP contribution in [0.25, 0.3) is 0 Å². The molecule has 0 saturated carbocycles. The second kappa shape index (κ2) is 24.8. The van der Waals surface area contributed by atoms with Crippen LogP contribution in [0.3, 0.4) is 0 Å². The van der Waals surface area contributed by atoms with Gasteiger partial charge in [-0.3, -0.25) is 0 Å². The molecule has 0 aromatic rings. The fourth-order valence-corrected chi connectivity index (χ4v) is 4.47. The molecule has 0 heteroatoms. The fraction of sp³-hybridized carbons (Fsp3) is 0.933. The fourth-order valence-electron chi connectivity index (χ4n) is 4.47. The summed E-state index contributed by atoms with van der Waals surface area (Å²) in [6.45, 7) is 9.44. The highest BCUT2D eigenvalue weighted by Gasteiger charge is 2.12. The summed E-state index contributed by atoms with van der Waals surface area (Å²) < 4.78 is 0. The van der Waals surface area contributed by atoms with Crippen molar-refractivity contribution >= 4 is 0 Å². The first-order chi connectivity index (χ1) is 14.7. The van der Waals surface area contributed by atoms with Crippen molar-refractivity contribution < 1.29 is 0 Å². The van der Waals surface area contributed by atoms with Crippen LogP contribution in [0.1, 0.15) is 169 Å². The molecule has 0 aliphatic heterocycles. The van der Waals surface area contributed by atoms with E-state index >= 15 is 0 Å². The Bertz CT molecular complexity index is 369. The van der Waals surface area contributed by atoms with E-state index in [0.29, 0.717) is 0 Å². The van der Waals surface area contributed by atoms with E-state index < -0.39 is 0 Å². The lowest BCUT2D eigenvalue weighted by atomic mass is 9.85. The first-order valence-corrected chi connectivity index (χ1v) is 14.2. The lowest BCUT2D eigenvalue weighted by molar-refractivity contribution is 0.312. The van der Waals surface area contributed by atoms with Crippen LogP contribution in [0.5, 0.6) is 0 Å². The summed E-state index contributed by atoms with van der Waals surface area (Å²) in [6, 6.07) is 0. The Morgan fingerprint density at radius 2 is 0.800 bits per heavy atom. The second-order valence-corrected chi connectivity index (χ2v) is 10.1. The number of hydrogen-bond acceptors (Lipinski definition) is 0. The van der Waals surface area contributed by atoms with Gasteiger partial charge in [-0.15, -0.1) is 11.8 Å². The van der Waals surface area contributed by atoms with E-state index in [4.69, 9.17) is 0 Å². The maximum Gasteiger partial charge on any atom is 0.00886 e. The summed E-state index contributed by atoms with van der Waals surface area (Å²) in [5.74, 6) is 8.50. The average molecular weight is 419 g/mol. The molecular weight excluding hydrogens is 360 g/mol. The van der Waals surface area contributed by atoms with Crippen LogP contribution in [-0.2, 0) is 0 Å². The lowest BCUT2D eigenvalue weighted by Crippen LogP contribution is -2.08. The second-order valence-electron chi connectivity index (χ2n) is 10.1. The third-order valence-corrected chi connectivity index (χ3v) is 6.78. The summed E-state index contributed by atoms with van der Waals surface area (Å²) >= 11 is 0. The quantitative estimate of drug-likeness (QED) is 0.121. The van der Waals surface area contributed by atoms with E-state index in [2.05, 4.69) is 39.5 Å². The summed E-state index contributed by atoms with van der Waals surface area (Å²) in [4.78, 5) is 0. The molecule has 1 atom stereocenters. The molecule has 0 radical (unpaired) electrons. The van der Waals surface area contributed by atoms with Gasteiger partial charge in [0.25, 0.3) is 0 Å². The predicted molar refractivity (Wildman–Crippen MR) is 139 cm³/mol. The van der Waals surface area contributed by atoms with E-state index in [1.54, 1.807) is 0 Å². The number of unbranched alkanes of at least 4 members (excludes halogenated alkanes) is 17. The third kappa shape index (κ3) is 22.2. The molecular formula is C30H58. The maximum atomic E-state index is 3.34. The Hall–Kier alpha value is -0.440. The highest BCUT2D eigenvalue weighted by molar-refractivity contribution is 4.98. The molecule has 1 unspecified atom stereocenters. The molecule has 0 heterocycles. The zero-order valence-corrected chi connectivity index (χ0v) is 21.7. The van der Waals surface area contributed by atoms with Gasteiger partial charge >= 0.3 is 0 Å². The first-order valence-electron chi connectivity index (χ1n) is 14.2. The van der Waals surface area contributed by atoms with Gasteiger partial charge < -0.3 is 0 Å². The molecule has 0 bridgehead atoms. The topological polar surface area (TPSA) is 0 Å². The van der Waals surface area contributed by atoms with Crippen LogP contribution < -0.4 is 0 Å². The Kier molecular flexibility index (Phi) is 24.5. The number of hydrogen-bond donors (Lipinski definition) is 0. The maximum absolute atomic E-state index is 3.34. The Labute approximate surface area is 192 Å². The minimum absolute atomic E-state index is 0.875. The average Bonchev–Trinajstić information content (AvgIpc) is 2.74. The standard InChI is InChI=1S/C30H58/c1-5-7-9-11-13-15-16-17-18-19-20-22-24-26-28-30(29(3)4)27-25-23-21-14-12-10-8-6-2/h29-30H,5-10,12,14-28H2,1-4H3. The molecule has 0 rings (SSSR count). The smallest absolute Gasteiger partial charge is 0.00886 e. The van der Waals surface area contributed by atoms with Crippen LogP contribution in [0.15, 0.2) is 0 Å². The molecule has 0 saturated heterocycles. The molecule has 0 fully saturated rings. The highest BCUT2D eigenvalue weighted by atomic mass is 14.2. The largest absolute Gasteiger partial charge is 0.103 e. The van der Waals surface area contributed by atoms with E-state index in [9.17, 15) is 0 Å². The molecule has 0 spiro atoms. The van der Waals surface area contributed by atoms with Crippen molar-refractivity contribution in [2.75, 3.05) is 0 Å². The Balaban J connectivity index is 3.45. The van der Waals surface area contributed by atoms with Crippen LogP contribution >= 0.6 is 0 Å². The molecule has 0 nitrogen and oxygen atoms in total. The third-order valence-electron chi connectivity index (χ3n) is 6.78. The van der Waals surface area contributed by atoms with Crippen LogP contribution in [-0.4, -0.2) is 0 Å². The minimum atomic E-state index is 0.875. The van der Waals surface area contributed by atoms with Crippen LogP contribution in [0, 0.1) is 23.7 Å². The SMILES string of the molecule is CCCCC#CCCCCCCCCCCC(CCCCCCCCCC)C(C)C. The van der Waals surface area contributed by atoms with Crippen molar-refractivity contribution in [2.45, 2.75) is 169 Å². The van der Waals surface area contributed by atoms with Crippen molar-refractivity contribution in [1.29, 1.82) is 0 Å². The van der Waals surface area contributed by atoms with Crippen molar-refractivity contribution in [1.82, 2.24) is 0 Å². The molecule has 0 aliphatic carbocycles.